The number of rotatable bonds is 3. The predicted octanol–water partition coefficient (Wildman–Crippen LogP) is 11.8. The largest absolute Gasteiger partial charge is 0.0616 e. The molecule has 0 aliphatic heterocycles. The van der Waals surface area contributed by atoms with Gasteiger partial charge in [-0.2, -0.15) is 0 Å². The molecule has 0 spiro atoms. The Hall–Kier alpha value is -5.46. The van der Waals surface area contributed by atoms with Crippen molar-refractivity contribution in [2.75, 3.05) is 0 Å². The van der Waals surface area contributed by atoms with Crippen LogP contribution in [0.1, 0.15) is 11.1 Å². The Balaban J connectivity index is 1.30. The van der Waals surface area contributed by atoms with Gasteiger partial charge in [0.2, 0.25) is 0 Å². The minimum atomic E-state index is 1.24. The molecule has 1 aliphatic rings. The van der Waals surface area contributed by atoms with E-state index in [4.69, 9.17) is 0 Å². The molecular weight excluding hydrogens is 504 g/mol. The molecule has 194 valence electrons. The first-order valence-corrected chi connectivity index (χ1v) is 14.6. The summed E-state index contributed by atoms with van der Waals surface area (Å²) >= 11 is 0. The standard InChI is InChI=1S/C42H26/c1-2-12-32-27(9-1)10-7-17-33(32)28-19-21-31(22-20-28)41-35-13-3-5-15-37(35)42(38-16-6-4-14-36(38)41)39-26-25-30-24-23-29-11-8-18-34(39)40(29)30/h1-26H. The van der Waals surface area contributed by atoms with Crippen LogP contribution in [0.5, 0.6) is 0 Å². The van der Waals surface area contributed by atoms with Crippen LogP contribution < -0.4 is 0 Å². The number of hydrogen-bond donors (Lipinski definition) is 0. The van der Waals surface area contributed by atoms with E-state index in [9.17, 15) is 0 Å². The van der Waals surface area contributed by atoms with E-state index in [1.54, 1.807) is 0 Å². The van der Waals surface area contributed by atoms with Gasteiger partial charge in [0.25, 0.3) is 0 Å². The van der Waals surface area contributed by atoms with E-state index in [2.05, 4.69) is 158 Å². The van der Waals surface area contributed by atoms with Crippen molar-refractivity contribution < 1.29 is 0 Å². The lowest BCUT2D eigenvalue weighted by Gasteiger charge is -2.19. The van der Waals surface area contributed by atoms with Crippen molar-refractivity contribution in [2.45, 2.75) is 0 Å². The Labute approximate surface area is 244 Å². The van der Waals surface area contributed by atoms with Crippen LogP contribution in [-0.2, 0) is 0 Å². The van der Waals surface area contributed by atoms with Gasteiger partial charge in [0, 0.05) is 0 Å². The second kappa shape index (κ2) is 9.03. The molecular formula is C42H26. The summed E-state index contributed by atoms with van der Waals surface area (Å²) in [5.41, 5.74) is 10.3. The van der Waals surface area contributed by atoms with Gasteiger partial charge in [-0.15, -0.1) is 0 Å². The van der Waals surface area contributed by atoms with Gasteiger partial charge in [0.05, 0.1) is 0 Å². The van der Waals surface area contributed by atoms with Gasteiger partial charge >= 0.3 is 0 Å². The molecule has 0 radical (unpaired) electrons. The Bertz CT molecular complexity index is 2310. The molecule has 0 N–H and O–H groups in total. The van der Waals surface area contributed by atoms with E-state index in [1.165, 1.54) is 87.6 Å². The maximum absolute atomic E-state index is 2.32. The second-order valence-corrected chi connectivity index (χ2v) is 11.3. The minimum Gasteiger partial charge on any atom is -0.0616 e. The zero-order valence-electron chi connectivity index (χ0n) is 23.0. The Morgan fingerprint density at radius 2 is 0.810 bits per heavy atom. The average molecular weight is 531 g/mol. The summed E-state index contributed by atoms with van der Waals surface area (Å²) in [5, 5.41) is 10.4. The summed E-state index contributed by atoms with van der Waals surface area (Å²) in [6, 6.07) is 53.6. The average Bonchev–Trinajstić information content (AvgIpc) is 3.48. The van der Waals surface area contributed by atoms with Crippen molar-refractivity contribution in [2.24, 2.45) is 0 Å². The van der Waals surface area contributed by atoms with Crippen molar-refractivity contribution in [3.05, 3.63) is 157 Å². The van der Waals surface area contributed by atoms with Crippen LogP contribution in [-0.4, -0.2) is 0 Å². The molecule has 9 rings (SSSR count). The predicted molar refractivity (Wildman–Crippen MR) is 182 cm³/mol. The summed E-state index contributed by atoms with van der Waals surface area (Å²) in [6.07, 6.45) is 4.48. The first-order valence-electron chi connectivity index (χ1n) is 14.6. The smallest absolute Gasteiger partial charge is 0.00201 e. The highest BCUT2D eigenvalue weighted by Gasteiger charge is 2.20. The molecule has 42 heavy (non-hydrogen) atoms. The molecule has 8 aromatic carbocycles. The molecule has 1 aliphatic carbocycles. The lowest BCUT2D eigenvalue weighted by atomic mass is 9.84. The lowest BCUT2D eigenvalue weighted by Crippen LogP contribution is -1.92. The third-order valence-electron chi connectivity index (χ3n) is 9.02. The Morgan fingerprint density at radius 3 is 1.52 bits per heavy atom. The van der Waals surface area contributed by atoms with Crippen molar-refractivity contribution in [1.29, 1.82) is 0 Å². The lowest BCUT2D eigenvalue weighted by molar-refractivity contribution is 1.63. The summed E-state index contributed by atoms with van der Waals surface area (Å²) in [5.74, 6) is 0. The van der Waals surface area contributed by atoms with Crippen molar-refractivity contribution in [3.8, 4) is 33.4 Å². The SMILES string of the molecule is C1=Cc2ccc(-c3c4ccccc4c(-c4ccc(-c5cccc6ccccc56)cc4)c4ccccc34)c3cccc1c23. The zero-order chi connectivity index (χ0) is 27.6. The van der Waals surface area contributed by atoms with Gasteiger partial charge in [0.15, 0.2) is 0 Å². The van der Waals surface area contributed by atoms with E-state index >= 15 is 0 Å². The third kappa shape index (κ3) is 3.36. The van der Waals surface area contributed by atoms with Gasteiger partial charge in [-0.25, -0.2) is 0 Å². The van der Waals surface area contributed by atoms with E-state index in [0.717, 1.165) is 0 Å². The highest BCUT2D eigenvalue weighted by atomic mass is 14.2. The normalized spacial score (nSPS) is 12.2. The minimum absolute atomic E-state index is 1.24. The molecule has 0 heterocycles. The molecule has 0 aromatic heterocycles. The zero-order valence-corrected chi connectivity index (χ0v) is 23.0. The maximum Gasteiger partial charge on any atom is -0.00201 e. The Morgan fingerprint density at radius 1 is 0.286 bits per heavy atom. The van der Waals surface area contributed by atoms with Crippen LogP contribution in [0.25, 0.3) is 88.6 Å². The highest BCUT2D eigenvalue weighted by Crippen LogP contribution is 2.47. The first kappa shape index (κ1) is 23.3. The molecule has 0 amide bonds. The quantitative estimate of drug-likeness (QED) is 0.199. The van der Waals surface area contributed by atoms with Gasteiger partial charge in [0.1, 0.15) is 0 Å². The van der Waals surface area contributed by atoms with Crippen LogP contribution in [0, 0.1) is 0 Å². The van der Waals surface area contributed by atoms with Crippen molar-refractivity contribution >= 4 is 55.2 Å². The maximum atomic E-state index is 2.32. The van der Waals surface area contributed by atoms with Crippen LogP contribution in [0.2, 0.25) is 0 Å². The van der Waals surface area contributed by atoms with E-state index in [-0.39, 0.29) is 0 Å². The number of benzene rings is 8. The van der Waals surface area contributed by atoms with Gasteiger partial charge < -0.3 is 0 Å². The van der Waals surface area contributed by atoms with Crippen LogP contribution in [0.3, 0.4) is 0 Å². The molecule has 0 saturated heterocycles. The van der Waals surface area contributed by atoms with Gasteiger partial charge in [-0.05, 0) is 87.6 Å². The van der Waals surface area contributed by atoms with Crippen molar-refractivity contribution in [3.63, 3.8) is 0 Å². The monoisotopic (exact) mass is 530 g/mol. The molecule has 8 aromatic rings. The number of fused-ring (bicyclic) bond motifs is 3. The molecule has 0 saturated carbocycles. The van der Waals surface area contributed by atoms with Gasteiger partial charge in [-0.3, -0.25) is 0 Å². The fraction of sp³-hybridized carbons (Fsp3) is 0. The molecule has 0 atom stereocenters. The van der Waals surface area contributed by atoms with Crippen LogP contribution in [0.15, 0.2) is 146 Å². The van der Waals surface area contributed by atoms with E-state index in [1.807, 2.05) is 0 Å². The molecule has 0 heteroatoms. The topological polar surface area (TPSA) is 0 Å². The fourth-order valence-corrected chi connectivity index (χ4v) is 7.16. The van der Waals surface area contributed by atoms with Crippen LogP contribution >= 0.6 is 0 Å². The summed E-state index contributed by atoms with van der Waals surface area (Å²) < 4.78 is 0. The molecule has 0 unspecified atom stereocenters. The second-order valence-electron chi connectivity index (χ2n) is 11.3. The Kier molecular flexibility index (Phi) is 5.00. The van der Waals surface area contributed by atoms with E-state index < -0.39 is 0 Å². The van der Waals surface area contributed by atoms with Crippen LogP contribution in [0.4, 0.5) is 0 Å². The highest BCUT2D eigenvalue weighted by molar-refractivity contribution is 6.24. The first-order chi connectivity index (χ1) is 20.8. The summed E-state index contributed by atoms with van der Waals surface area (Å²) in [6.45, 7) is 0. The van der Waals surface area contributed by atoms with Gasteiger partial charge in [-0.1, -0.05) is 158 Å². The fourth-order valence-electron chi connectivity index (χ4n) is 7.16. The molecule has 0 bridgehead atoms. The summed E-state index contributed by atoms with van der Waals surface area (Å²) in [7, 11) is 0. The number of hydrogen-bond acceptors (Lipinski definition) is 0. The third-order valence-corrected chi connectivity index (χ3v) is 9.02. The summed E-state index contributed by atoms with van der Waals surface area (Å²) in [4.78, 5) is 0. The molecule has 0 nitrogen and oxygen atoms in total. The van der Waals surface area contributed by atoms with E-state index in [0.29, 0.717) is 0 Å². The van der Waals surface area contributed by atoms with Crippen molar-refractivity contribution in [1.82, 2.24) is 0 Å². The molecule has 0 fully saturated rings.